The molecule has 0 bridgehead atoms. The fourth-order valence-corrected chi connectivity index (χ4v) is 4.64. The van der Waals surface area contributed by atoms with E-state index in [1.807, 2.05) is 11.9 Å². The largest absolute Gasteiger partial charge is 0.497 e. The van der Waals surface area contributed by atoms with Crippen molar-refractivity contribution in [2.45, 2.75) is 4.90 Å². The highest BCUT2D eigenvalue weighted by molar-refractivity contribution is 7.89. The summed E-state index contributed by atoms with van der Waals surface area (Å²) in [5.74, 6) is 0.617. The van der Waals surface area contributed by atoms with Crippen LogP contribution in [0.2, 0.25) is 0 Å². The number of carbonyl (C=O) groups is 1. The monoisotopic (exact) mass is 382 g/mol. The molecule has 0 saturated carbocycles. The molecular formula is C17H26N4O4S. The summed E-state index contributed by atoms with van der Waals surface area (Å²) in [4.78, 5) is 18.7. The summed E-state index contributed by atoms with van der Waals surface area (Å²) in [6.07, 6.45) is 0. The minimum Gasteiger partial charge on any atom is -0.497 e. The van der Waals surface area contributed by atoms with Crippen LogP contribution in [-0.4, -0.2) is 100.0 Å². The Bertz CT molecular complexity index is 722. The Morgan fingerprint density at radius 1 is 0.885 bits per heavy atom. The van der Waals surface area contributed by atoms with E-state index < -0.39 is 10.0 Å². The van der Waals surface area contributed by atoms with Crippen molar-refractivity contribution >= 4 is 16.1 Å². The lowest BCUT2D eigenvalue weighted by Crippen LogP contribution is -2.57. The second-order valence-corrected chi connectivity index (χ2v) is 8.58. The molecule has 0 N–H and O–H groups in total. The summed E-state index contributed by atoms with van der Waals surface area (Å²) in [6.45, 7) is 4.65. The van der Waals surface area contributed by atoms with Crippen molar-refractivity contribution in [1.29, 1.82) is 0 Å². The first-order chi connectivity index (χ1) is 12.4. The van der Waals surface area contributed by atoms with Crippen LogP contribution in [0.15, 0.2) is 29.2 Å². The summed E-state index contributed by atoms with van der Waals surface area (Å²) < 4.78 is 32.1. The van der Waals surface area contributed by atoms with Crippen LogP contribution in [0.3, 0.4) is 0 Å². The Kier molecular flexibility index (Phi) is 5.69. The first-order valence-electron chi connectivity index (χ1n) is 8.78. The molecule has 1 aromatic carbocycles. The molecule has 0 radical (unpaired) electrons. The fourth-order valence-electron chi connectivity index (χ4n) is 3.21. The number of urea groups is 1. The molecule has 8 nitrogen and oxygen atoms in total. The molecule has 0 aliphatic carbocycles. The number of benzene rings is 1. The van der Waals surface area contributed by atoms with Gasteiger partial charge in [0.1, 0.15) is 5.75 Å². The number of methoxy groups -OCH3 is 1. The summed E-state index contributed by atoms with van der Waals surface area (Å²) in [5, 5.41) is 0. The molecule has 2 heterocycles. The highest BCUT2D eigenvalue weighted by Gasteiger charge is 2.32. The molecule has 2 fully saturated rings. The number of ether oxygens (including phenoxy) is 1. The molecule has 26 heavy (non-hydrogen) atoms. The van der Waals surface area contributed by atoms with Gasteiger partial charge in [-0.25, -0.2) is 13.2 Å². The van der Waals surface area contributed by atoms with Gasteiger partial charge in [-0.2, -0.15) is 4.31 Å². The van der Waals surface area contributed by atoms with E-state index in [2.05, 4.69) is 4.90 Å². The Morgan fingerprint density at radius 3 is 1.88 bits per heavy atom. The van der Waals surface area contributed by atoms with Gasteiger partial charge in [-0.05, 0) is 31.3 Å². The maximum Gasteiger partial charge on any atom is 0.320 e. The second kappa shape index (κ2) is 7.81. The van der Waals surface area contributed by atoms with Crippen molar-refractivity contribution in [1.82, 2.24) is 19.0 Å². The zero-order chi connectivity index (χ0) is 18.7. The van der Waals surface area contributed by atoms with Gasteiger partial charge in [0.2, 0.25) is 10.0 Å². The van der Waals surface area contributed by atoms with Gasteiger partial charge in [0.25, 0.3) is 0 Å². The number of sulfonamides is 1. The van der Waals surface area contributed by atoms with E-state index in [0.717, 1.165) is 26.2 Å². The standard InChI is InChI=1S/C17H26N4O4S/c1-18-7-9-19(10-8-18)17(22)20-11-13-21(14-12-20)26(23,24)16-5-3-15(25-2)4-6-16/h3-6H,7-14H2,1-2H3. The Hall–Kier alpha value is -1.84. The number of hydrogen-bond acceptors (Lipinski definition) is 5. The first kappa shape index (κ1) is 18.9. The lowest BCUT2D eigenvalue weighted by Gasteiger charge is -2.39. The highest BCUT2D eigenvalue weighted by Crippen LogP contribution is 2.21. The normalized spacial score (nSPS) is 20.2. The first-order valence-corrected chi connectivity index (χ1v) is 10.2. The Labute approximate surface area is 155 Å². The van der Waals surface area contributed by atoms with Gasteiger partial charge in [0.05, 0.1) is 12.0 Å². The van der Waals surface area contributed by atoms with Gasteiger partial charge in [0.15, 0.2) is 0 Å². The average Bonchev–Trinajstić information content (AvgIpc) is 2.68. The molecule has 2 aliphatic rings. The van der Waals surface area contributed by atoms with Crippen molar-refractivity contribution in [3.8, 4) is 5.75 Å². The summed E-state index contributed by atoms with van der Waals surface area (Å²) in [7, 11) is 0.0393. The molecule has 2 saturated heterocycles. The summed E-state index contributed by atoms with van der Waals surface area (Å²) in [6, 6.07) is 6.39. The molecule has 0 aromatic heterocycles. The molecule has 9 heteroatoms. The SMILES string of the molecule is COc1ccc(S(=O)(=O)N2CCN(C(=O)N3CCN(C)CC3)CC2)cc1. The molecular weight excluding hydrogens is 356 g/mol. The van der Waals surface area contributed by atoms with Gasteiger partial charge in [-0.15, -0.1) is 0 Å². The average molecular weight is 382 g/mol. The molecule has 0 atom stereocenters. The Balaban J connectivity index is 1.59. The lowest BCUT2D eigenvalue weighted by atomic mass is 10.3. The van der Waals surface area contributed by atoms with Crippen molar-refractivity contribution < 1.29 is 17.9 Å². The fraction of sp³-hybridized carbons (Fsp3) is 0.588. The third-order valence-corrected chi connectivity index (χ3v) is 6.89. The molecule has 0 unspecified atom stereocenters. The van der Waals surface area contributed by atoms with Crippen molar-refractivity contribution in [3.63, 3.8) is 0 Å². The summed E-state index contributed by atoms with van der Waals surface area (Å²) in [5.41, 5.74) is 0. The number of likely N-dealkylation sites (N-methyl/N-ethyl adjacent to an activating group) is 1. The molecule has 3 rings (SSSR count). The van der Waals surface area contributed by atoms with E-state index in [1.165, 1.54) is 4.31 Å². The third-order valence-electron chi connectivity index (χ3n) is 4.98. The van der Waals surface area contributed by atoms with Crippen LogP contribution in [0, 0.1) is 0 Å². The highest BCUT2D eigenvalue weighted by atomic mass is 32.2. The quantitative estimate of drug-likeness (QED) is 0.755. The molecule has 144 valence electrons. The van der Waals surface area contributed by atoms with Crippen LogP contribution < -0.4 is 4.74 Å². The predicted molar refractivity (Wildman–Crippen MR) is 97.8 cm³/mol. The van der Waals surface area contributed by atoms with Crippen LogP contribution in [0.4, 0.5) is 4.79 Å². The van der Waals surface area contributed by atoms with Crippen LogP contribution in [-0.2, 0) is 10.0 Å². The molecule has 2 aliphatic heterocycles. The minimum atomic E-state index is -3.55. The third kappa shape index (κ3) is 3.94. The van der Waals surface area contributed by atoms with Crippen LogP contribution >= 0.6 is 0 Å². The summed E-state index contributed by atoms with van der Waals surface area (Å²) >= 11 is 0. The topological polar surface area (TPSA) is 73.4 Å². The van der Waals surface area contributed by atoms with E-state index in [1.54, 1.807) is 36.3 Å². The number of amides is 2. The van der Waals surface area contributed by atoms with Crippen molar-refractivity contribution in [2.75, 3.05) is 66.5 Å². The van der Waals surface area contributed by atoms with Crippen molar-refractivity contribution in [2.24, 2.45) is 0 Å². The molecule has 1 aromatic rings. The number of nitrogens with zero attached hydrogens (tertiary/aromatic N) is 4. The lowest BCUT2D eigenvalue weighted by molar-refractivity contribution is 0.110. The molecule has 2 amide bonds. The smallest absolute Gasteiger partial charge is 0.320 e. The van der Waals surface area contributed by atoms with Gasteiger partial charge in [-0.3, -0.25) is 0 Å². The van der Waals surface area contributed by atoms with E-state index in [4.69, 9.17) is 4.74 Å². The number of carbonyl (C=O) groups excluding carboxylic acids is 1. The zero-order valence-electron chi connectivity index (χ0n) is 15.3. The maximum atomic E-state index is 12.8. The number of hydrogen-bond donors (Lipinski definition) is 0. The van der Waals surface area contributed by atoms with Crippen LogP contribution in [0.25, 0.3) is 0 Å². The van der Waals surface area contributed by atoms with Crippen molar-refractivity contribution in [3.05, 3.63) is 24.3 Å². The van der Waals surface area contributed by atoms with Crippen LogP contribution in [0.1, 0.15) is 0 Å². The van der Waals surface area contributed by atoms with Gasteiger partial charge < -0.3 is 19.4 Å². The number of rotatable bonds is 3. The van der Waals surface area contributed by atoms with E-state index in [9.17, 15) is 13.2 Å². The Morgan fingerprint density at radius 2 is 1.38 bits per heavy atom. The number of piperazine rings is 2. The van der Waals surface area contributed by atoms with E-state index in [0.29, 0.717) is 31.9 Å². The van der Waals surface area contributed by atoms with Gasteiger partial charge >= 0.3 is 6.03 Å². The maximum absolute atomic E-state index is 12.8. The van der Waals surface area contributed by atoms with Gasteiger partial charge in [0, 0.05) is 52.4 Å². The van der Waals surface area contributed by atoms with Gasteiger partial charge in [-0.1, -0.05) is 0 Å². The predicted octanol–water partition coefficient (Wildman–Crippen LogP) is 0.369. The van der Waals surface area contributed by atoms with E-state index in [-0.39, 0.29) is 10.9 Å². The molecule has 0 spiro atoms. The van der Waals surface area contributed by atoms with E-state index >= 15 is 0 Å². The van der Waals surface area contributed by atoms with Crippen LogP contribution in [0.5, 0.6) is 5.75 Å². The second-order valence-electron chi connectivity index (χ2n) is 6.64. The minimum absolute atomic E-state index is 0.0135. The zero-order valence-corrected chi connectivity index (χ0v) is 16.1.